The van der Waals surface area contributed by atoms with Gasteiger partial charge in [-0.15, -0.1) is 0 Å². The van der Waals surface area contributed by atoms with Crippen LogP contribution < -0.4 is 0 Å². The zero-order chi connectivity index (χ0) is 9.14. The fraction of sp³-hybridized carbons (Fsp3) is 0.667. The first kappa shape index (κ1) is 10.4. The Balaban J connectivity index is 2.39. The molecule has 0 aromatic rings. The molecule has 0 radical (unpaired) electrons. The predicted molar refractivity (Wildman–Crippen MR) is 60.0 cm³/mol. The van der Waals surface area contributed by atoms with Crippen LogP contribution in [0, 0.1) is 0 Å². The van der Waals surface area contributed by atoms with E-state index >= 15 is 0 Å². The largest absolute Gasteiger partial charge is 0.350 e. The third kappa shape index (κ3) is 2.69. The van der Waals surface area contributed by atoms with Gasteiger partial charge < -0.3 is 9.80 Å². The van der Waals surface area contributed by atoms with Gasteiger partial charge in [0, 0.05) is 26.2 Å². The lowest BCUT2D eigenvalue weighted by molar-refractivity contribution is 0.270. The van der Waals surface area contributed by atoms with Crippen LogP contribution in [0.2, 0.25) is 0 Å². The Bertz CT molecular complexity index is 180. The summed E-state index contributed by atoms with van der Waals surface area (Å²) in [6.45, 7) is 3.20. The minimum Gasteiger partial charge on any atom is -0.350 e. The first-order valence-corrected chi connectivity index (χ1v) is 5.07. The molecule has 0 atom stereocenters. The Morgan fingerprint density at radius 2 is 1.08 bits per heavy atom. The van der Waals surface area contributed by atoms with Crippen LogP contribution in [-0.4, -0.2) is 44.9 Å². The van der Waals surface area contributed by atoms with E-state index in [9.17, 15) is 0 Å². The number of rotatable bonds is 0. The highest BCUT2D eigenvalue weighted by Crippen LogP contribution is 2.07. The van der Waals surface area contributed by atoms with E-state index in [2.05, 4.69) is 0 Å². The van der Waals surface area contributed by atoms with E-state index in [0.717, 1.165) is 26.2 Å². The minimum absolute atomic E-state index is 0.426. The zero-order valence-corrected chi connectivity index (χ0v) is 9.44. The maximum atomic E-state index is 5.66. The van der Waals surface area contributed by atoms with Crippen LogP contribution in [0.25, 0.3) is 0 Å². The van der Waals surface area contributed by atoms with Crippen molar-refractivity contribution in [3.8, 4) is 0 Å². The third-order valence-electron chi connectivity index (χ3n) is 1.78. The molecule has 1 saturated heterocycles. The third-order valence-corrected chi connectivity index (χ3v) is 2.77. The molecule has 1 heterocycles. The molecule has 0 N–H and O–H groups in total. The van der Waals surface area contributed by atoms with Gasteiger partial charge in [0.2, 0.25) is 0 Å². The van der Waals surface area contributed by atoms with Gasteiger partial charge in [-0.05, 0) is 24.4 Å². The number of hydrogen-bond donors (Lipinski definition) is 0. The Morgan fingerprint density at radius 1 is 0.833 bits per heavy atom. The summed E-state index contributed by atoms with van der Waals surface area (Å²) in [5.41, 5.74) is 0. The second-order valence-electron chi connectivity index (χ2n) is 2.48. The summed E-state index contributed by atoms with van der Waals surface area (Å²) >= 11 is 21.0. The van der Waals surface area contributed by atoms with E-state index in [1.165, 1.54) is 0 Å². The standard InChI is InChI=1S/C6H8Cl2N2S2/c7-5(11)9-1-2-10(4-3-9)6(8)12/h1-4H2. The molecule has 1 aliphatic rings. The second-order valence-corrected chi connectivity index (χ2v) is 4.42. The van der Waals surface area contributed by atoms with E-state index < -0.39 is 0 Å². The van der Waals surface area contributed by atoms with Crippen LogP contribution in [-0.2, 0) is 0 Å². The van der Waals surface area contributed by atoms with Crippen LogP contribution in [0.4, 0.5) is 0 Å². The summed E-state index contributed by atoms with van der Waals surface area (Å²) < 4.78 is 0.852. The number of nitrogens with zero attached hydrogens (tertiary/aromatic N) is 2. The van der Waals surface area contributed by atoms with Crippen molar-refractivity contribution in [2.24, 2.45) is 0 Å². The van der Waals surface area contributed by atoms with Gasteiger partial charge in [0.1, 0.15) is 0 Å². The molecule has 1 fully saturated rings. The fourth-order valence-corrected chi connectivity index (χ4v) is 1.76. The van der Waals surface area contributed by atoms with Crippen LogP contribution >= 0.6 is 47.6 Å². The molecule has 0 bridgehead atoms. The molecule has 0 aromatic carbocycles. The van der Waals surface area contributed by atoms with E-state index in [1.54, 1.807) is 0 Å². The number of thiocarbonyl (C=S) groups is 2. The fourth-order valence-electron chi connectivity index (χ4n) is 1.06. The van der Waals surface area contributed by atoms with E-state index in [0.29, 0.717) is 8.90 Å². The minimum atomic E-state index is 0.426. The highest BCUT2D eigenvalue weighted by Gasteiger charge is 2.18. The molecule has 0 aliphatic carbocycles. The van der Waals surface area contributed by atoms with Gasteiger partial charge in [-0.1, -0.05) is 23.2 Å². The van der Waals surface area contributed by atoms with Crippen LogP contribution in [0.5, 0.6) is 0 Å². The molecular weight excluding hydrogens is 235 g/mol. The molecule has 2 nitrogen and oxygen atoms in total. The summed E-state index contributed by atoms with van der Waals surface area (Å²) in [6, 6.07) is 0. The maximum absolute atomic E-state index is 5.66. The molecule has 1 aliphatic heterocycles. The second kappa shape index (κ2) is 4.56. The van der Waals surface area contributed by atoms with Crippen molar-refractivity contribution in [2.45, 2.75) is 0 Å². The normalized spacial score (nSPS) is 17.8. The van der Waals surface area contributed by atoms with Crippen molar-refractivity contribution in [2.75, 3.05) is 26.2 Å². The monoisotopic (exact) mass is 242 g/mol. The molecule has 12 heavy (non-hydrogen) atoms. The maximum Gasteiger partial charge on any atom is 0.170 e. The Labute approximate surface area is 92.4 Å². The summed E-state index contributed by atoms with van der Waals surface area (Å²) in [6.07, 6.45) is 0. The molecule has 6 heteroatoms. The average molecular weight is 243 g/mol. The molecule has 0 saturated carbocycles. The Kier molecular flexibility index (Phi) is 3.96. The molecule has 1 rings (SSSR count). The zero-order valence-electron chi connectivity index (χ0n) is 6.30. The van der Waals surface area contributed by atoms with E-state index in [4.69, 9.17) is 47.6 Å². The topological polar surface area (TPSA) is 6.48 Å². The van der Waals surface area contributed by atoms with Gasteiger partial charge in [0.05, 0.1) is 0 Å². The lowest BCUT2D eigenvalue weighted by Gasteiger charge is -2.34. The van der Waals surface area contributed by atoms with Crippen LogP contribution in [0.1, 0.15) is 0 Å². The Hall–Kier alpha value is 0.360. The highest BCUT2D eigenvalue weighted by molar-refractivity contribution is 7.83. The van der Waals surface area contributed by atoms with Crippen LogP contribution in [0.15, 0.2) is 0 Å². The van der Waals surface area contributed by atoms with Gasteiger partial charge in [0.15, 0.2) is 8.90 Å². The van der Waals surface area contributed by atoms with Gasteiger partial charge in [0.25, 0.3) is 0 Å². The summed E-state index contributed by atoms with van der Waals surface area (Å²) in [5, 5.41) is 0. The van der Waals surface area contributed by atoms with Crippen molar-refractivity contribution in [1.29, 1.82) is 0 Å². The van der Waals surface area contributed by atoms with Gasteiger partial charge in [-0.3, -0.25) is 0 Å². The molecular formula is C6H8Cl2N2S2. The number of hydrogen-bond acceptors (Lipinski definition) is 2. The Morgan fingerprint density at radius 3 is 1.25 bits per heavy atom. The quantitative estimate of drug-likeness (QED) is 0.362. The van der Waals surface area contributed by atoms with E-state index in [-0.39, 0.29) is 0 Å². The first-order valence-electron chi connectivity index (χ1n) is 3.50. The summed E-state index contributed by atoms with van der Waals surface area (Å²) in [5.74, 6) is 0. The van der Waals surface area contributed by atoms with E-state index in [1.807, 2.05) is 9.80 Å². The molecule has 68 valence electrons. The van der Waals surface area contributed by atoms with Gasteiger partial charge >= 0.3 is 0 Å². The molecule has 0 unspecified atom stereocenters. The van der Waals surface area contributed by atoms with Crippen molar-refractivity contribution >= 4 is 56.5 Å². The van der Waals surface area contributed by atoms with Gasteiger partial charge in [-0.2, -0.15) is 0 Å². The average Bonchev–Trinajstić information content (AvgIpc) is 2.04. The van der Waals surface area contributed by atoms with Crippen molar-refractivity contribution in [3.63, 3.8) is 0 Å². The lowest BCUT2D eigenvalue weighted by atomic mass is 10.4. The molecule has 0 spiro atoms. The molecule has 0 amide bonds. The lowest BCUT2D eigenvalue weighted by Crippen LogP contribution is -2.47. The summed E-state index contributed by atoms with van der Waals surface area (Å²) in [7, 11) is 0. The van der Waals surface area contributed by atoms with Crippen molar-refractivity contribution in [1.82, 2.24) is 9.80 Å². The van der Waals surface area contributed by atoms with Gasteiger partial charge in [-0.25, -0.2) is 0 Å². The first-order chi connectivity index (χ1) is 5.61. The predicted octanol–water partition coefficient (Wildman–Crippen LogP) is 1.65. The van der Waals surface area contributed by atoms with Crippen molar-refractivity contribution in [3.05, 3.63) is 0 Å². The highest BCUT2D eigenvalue weighted by atomic mass is 35.5. The van der Waals surface area contributed by atoms with Crippen LogP contribution in [0.3, 0.4) is 0 Å². The number of halogens is 2. The number of piperazine rings is 1. The van der Waals surface area contributed by atoms with Crippen molar-refractivity contribution < 1.29 is 0 Å². The smallest absolute Gasteiger partial charge is 0.170 e. The SMILES string of the molecule is S=C(Cl)N1CCN(C(=S)Cl)CC1. The molecule has 0 aromatic heterocycles. The summed E-state index contributed by atoms with van der Waals surface area (Å²) in [4.78, 5) is 3.87.